The normalized spacial score (nSPS) is 10.2. The lowest BCUT2D eigenvalue weighted by molar-refractivity contribution is 0.297. The van der Waals surface area contributed by atoms with Gasteiger partial charge in [0.1, 0.15) is 11.5 Å². The summed E-state index contributed by atoms with van der Waals surface area (Å²) in [4.78, 5) is 4.21. The van der Waals surface area contributed by atoms with Gasteiger partial charge in [0.15, 0.2) is 5.75 Å². The lowest BCUT2D eigenvalue weighted by atomic mass is 10.3. The van der Waals surface area contributed by atoms with Gasteiger partial charge in [0.2, 0.25) is 0 Å². The Balaban J connectivity index is 2.21. The highest BCUT2D eigenvalue weighted by molar-refractivity contribution is 9.10. The van der Waals surface area contributed by atoms with Crippen LogP contribution in [0.2, 0.25) is 0 Å². The summed E-state index contributed by atoms with van der Waals surface area (Å²) < 4.78 is 17.4. The minimum Gasteiger partial charge on any atom is -0.497 e. The number of pyridine rings is 1. The number of aromatic nitrogens is 1. The molecule has 0 aliphatic carbocycles. The van der Waals surface area contributed by atoms with Gasteiger partial charge in [0, 0.05) is 6.20 Å². The molecule has 0 aliphatic rings. The molecule has 0 unspecified atom stereocenters. The van der Waals surface area contributed by atoms with Crippen LogP contribution in [0.3, 0.4) is 0 Å². The van der Waals surface area contributed by atoms with E-state index in [1.54, 1.807) is 13.3 Å². The number of rotatable bonds is 6. The predicted molar refractivity (Wildman–Crippen MR) is 80.8 cm³/mol. The lowest BCUT2D eigenvalue weighted by Gasteiger charge is -2.12. The third-order valence-electron chi connectivity index (χ3n) is 2.54. The number of halogens is 1. The highest BCUT2D eigenvalue weighted by atomic mass is 79.9. The van der Waals surface area contributed by atoms with E-state index in [1.165, 1.54) is 0 Å². The first-order chi connectivity index (χ1) is 9.74. The molecule has 5 heteroatoms. The van der Waals surface area contributed by atoms with E-state index in [-0.39, 0.29) is 0 Å². The summed E-state index contributed by atoms with van der Waals surface area (Å²) in [6.07, 6.45) is 2.60. The molecule has 0 bridgehead atoms. The third-order valence-corrected chi connectivity index (χ3v) is 3.16. The zero-order chi connectivity index (χ0) is 14.4. The topological polar surface area (TPSA) is 40.6 Å². The lowest BCUT2D eigenvalue weighted by Crippen LogP contribution is -1.99. The fourth-order valence-corrected chi connectivity index (χ4v) is 2.01. The monoisotopic (exact) mass is 337 g/mol. The molecule has 1 aromatic carbocycles. The van der Waals surface area contributed by atoms with Gasteiger partial charge in [-0.05, 0) is 52.7 Å². The van der Waals surface area contributed by atoms with E-state index in [4.69, 9.17) is 14.2 Å². The molecule has 106 valence electrons. The van der Waals surface area contributed by atoms with Crippen molar-refractivity contribution in [1.82, 2.24) is 4.98 Å². The quantitative estimate of drug-likeness (QED) is 0.781. The molecule has 0 N–H and O–H groups in total. The Hall–Kier alpha value is -1.75. The van der Waals surface area contributed by atoms with E-state index in [2.05, 4.69) is 27.8 Å². The largest absolute Gasteiger partial charge is 0.497 e. The van der Waals surface area contributed by atoms with Crippen molar-refractivity contribution in [2.75, 3.05) is 13.7 Å². The van der Waals surface area contributed by atoms with E-state index in [0.29, 0.717) is 24.0 Å². The number of methoxy groups -OCH3 is 1. The van der Waals surface area contributed by atoms with E-state index in [0.717, 1.165) is 16.6 Å². The van der Waals surface area contributed by atoms with Gasteiger partial charge in [-0.25, -0.2) is 4.98 Å². The molecular formula is C15H16BrNO3. The van der Waals surface area contributed by atoms with Crippen molar-refractivity contribution in [3.05, 3.63) is 41.0 Å². The molecule has 0 saturated carbocycles. The first-order valence-corrected chi connectivity index (χ1v) is 7.13. The molecule has 1 heterocycles. The van der Waals surface area contributed by atoms with Crippen molar-refractivity contribution < 1.29 is 14.2 Å². The smallest absolute Gasteiger partial charge is 0.262 e. The van der Waals surface area contributed by atoms with E-state index in [1.807, 2.05) is 30.3 Å². The van der Waals surface area contributed by atoms with Crippen molar-refractivity contribution in [2.45, 2.75) is 13.3 Å². The number of nitrogens with zero attached hydrogens (tertiary/aromatic N) is 1. The van der Waals surface area contributed by atoms with Crippen LogP contribution in [0.25, 0.3) is 0 Å². The Labute approximate surface area is 126 Å². The number of hydrogen-bond acceptors (Lipinski definition) is 4. The second-order valence-corrected chi connectivity index (χ2v) is 4.91. The van der Waals surface area contributed by atoms with Gasteiger partial charge in [-0.15, -0.1) is 0 Å². The summed E-state index contributed by atoms with van der Waals surface area (Å²) in [5, 5.41) is 0. The summed E-state index contributed by atoms with van der Waals surface area (Å²) >= 11 is 3.45. The summed E-state index contributed by atoms with van der Waals surface area (Å²) in [7, 11) is 1.62. The molecule has 0 spiro atoms. The van der Waals surface area contributed by atoms with Crippen molar-refractivity contribution in [3.63, 3.8) is 0 Å². The average molecular weight is 338 g/mol. The summed E-state index contributed by atoms with van der Waals surface area (Å²) in [5.74, 6) is 2.50. The number of benzene rings is 1. The standard InChI is InChI=1S/C15H16BrNO3/c1-3-9-19-14-5-4-8-17-15(14)20-13-7-6-11(18-2)10-12(13)16/h4-8,10H,3,9H2,1-2H3. The molecule has 0 radical (unpaired) electrons. The van der Waals surface area contributed by atoms with Crippen LogP contribution in [0.4, 0.5) is 0 Å². The summed E-state index contributed by atoms with van der Waals surface area (Å²) in [6.45, 7) is 2.68. The molecule has 0 atom stereocenters. The second kappa shape index (κ2) is 7.14. The Morgan fingerprint density at radius 3 is 2.75 bits per heavy atom. The number of hydrogen-bond donors (Lipinski definition) is 0. The van der Waals surface area contributed by atoms with E-state index in [9.17, 15) is 0 Å². The average Bonchev–Trinajstić information content (AvgIpc) is 2.48. The van der Waals surface area contributed by atoms with E-state index >= 15 is 0 Å². The van der Waals surface area contributed by atoms with Gasteiger partial charge >= 0.3 is 0 Å². The van der Waals surface area contributed by atoms with Crippen LogP contribution < -0.4 is 14.2 Å². The Morgan fingerprint density at radius 2 is 2.05 bits per heavy atom. The molecule has 2 rings (SSSR count). The van der Waals surface area contributed by atoms with Crippen molar-refractivity contribution in [3.8, 4) is 23.1 Å². The van der Waals surface area contributed by atoms with Gasteiger partial charge < -0.3 is 14.2 Å². The van der Waals surface area contributed by atoms with Crippen molar-refractivity contribution in [1.29, 1.82) is 0 Å². The highest BCUT2D eigenvalue weighted by Crippen LogP contribution is 2.35. The van der Waals surface area contributed by atoms with Crippen molar-refractivity contribution >= 4 is 15.9 Å². The van der Waals surface area contributed by atoms with Gasteiger partial charge in [-0.2, -0.15) is 0 Å². The molecule has 0 fully saturated rings. The Bertz CT molecular complexity index is 575. The molecule has 2 aromatic rings. The maximum Gasteiger partial charge on any atom is 0.262 e. The van der Waals surface area contributed by atoms with Crippen LogP contribution in [0.1, 0.15) is 13.3 Å². The predicted octanol–water partition coefficient (Wildman–Crippen LogP) is 4.43. The van der Waals surface area contributed by atoms with Gasteiger partial charge in [-0.1, -0.05) is 6.92 Å². The van der Waals surface area contributed by atoms with Crippen LogP contribution in [-0.2, 0) is 0 Å². The second-order valence-electron chi connectivity index (χ2n) is 4.05. The summed E-state index contributed by atoms with van der Waals surface area (Å²) in [6, 6.07) is 9.15. The minimum atomic E-state index is 0.451. The van der Waals surface area contributed by atoms with Crippen molar-refractivity contribution in [2.24, 2.45) is 0 Å². The Kier molecular flexibility index (Phi) is 5.24. The molecule has 20 heavy (non-hydrogen) atoms. The SMILES string of the molecule is CCCOc1cccnc1Oc1ccc(OC)cc1Br. The molecule has 0 amide bonds. The number of ether oxygens (including phenoxy) is 3. The van der Waals surface area contributed by atoms with Crippen LogP contribution in [-0.4, -0.2) is 18.7 Å². The summed E-state index contributed by atoms with van der Waals surface area (Å²) in [5.41, 5.74) is 0. The third kappa shape index (κ3) is 3.63. The molecule has 0 saturated heterocycles. The highest BCUT2D eigenvalue weighted by Gasteiger charge is 2.10. The first-order valence-electron chi connectivity index (χ1n) is 6.33. The molecule has 0 aliphatic heterocycles. The fourth-order valence-electron chi connectivity index (χ4n) is 1.57. The maximum atomic E-state index is 5.80. The zero-order valence-electron chi connectivity index (χ0n) is 11.4. The van der Waals surface area contributed by atoms with Gasteiger partial charge in [-0.3, -0.25) is 0 Å². The molecule has 1 aromatic heterocycles. The first kappa shape index (κ1) is 14.7. The van der Waals surface area contributed by atoms with E-state index < -0.39 is 0 Å². The van der Waals surface area contributed by atoms with Crippen LogP contribution in [0, 0.1) is 0 Å². The minimum absolute atomic E-state index is 0.451. The Morgan fingerprint density at radius 1 is 1.20 bits per heavy atom. The van der Waals surface area contributed by atoms with Gasteiger partial charge in [0.05, 0.1) is 18.2 Å². The van der Waals surface area contributed by atoms with Crippen LogP contribution in [0.5, 0.6) is 23.1 Å². The maximum absolute atomic E-state index is 5.80. The van der Waals surface area contributed by atoms with Crippen LogP contribution >= 0.6 is 15.9 Å². The zero-order valence-corrected chi connectivity index (χ0v) is 13.0. The molecular weight excluding hydrogens is 322 g/mol. The van der Waals surface area contributed by atoms with Crippen LogP contribution in [0.15, 0.2) is 41.0 Å². The molecule has 4 nitrogen and oxygen atoms in total. The fraction of sp³-hybridized carbons (Fsp3) is 0.267. The van der Waals surface area contributed by atoms with Gasteiger partial charge in [0.25, 0.3) is 5.88 Å².